The molecular weight excluding hydrogens is 212 g/mol. The van der Waals surface area contributed by atoms with Crippen LogP contribution in [0.2, 0.25) is 0 Å². The number of nitrogens with zero attached hydrogens (tertiary/aromatic N) is 1. The minimum absolute atomic E-state index is 0.156. The molecule has 1 fully saturated rings. The Morgan fingerprint density at radius 3 is 2.76 bits per heavy atom. The van der Waals surface area contributed by atoms with Crippen LogP contribution < -0.4 is 5.73 Å². The van der Waals surface area contributed by atoms with E-state index in [1.165, 1.54) is 6.42 Å². The lowest BCUT2D eigenvalue weighted by molar-refractivity contribution is 0.0605. The molecule has 0 radical (unpaired) electrons. The van der Waals surface area contributed by atoms with Gasteiger partial charge in [-0.15, -0.1) is 0 Å². The molecule has 3 nitrogen and oxygen atoms in total. The quantitative estimate of drug-likeness (QED) is 0.866. The fraction of sp³-hybridized carbons (Fsp3) is 0.500. The molecule has 1 saturated heterocycles. The van der Waals surface area contributed by atoms with Crippen molar-refractivity contribution in [1.82, 2.24) is 4.90 Å². The Morgan fingerprint density at radius 1 is 1.29 bits per heavy atom. The molecule has 1 unspecified atom stereocenters. The Hall–Kier alpha value is -1.35. The molecular formula is C14H20N2O. The van der Waals surface area contributed by atoms with E-state index in [4.69, 9.17) is 5.73 Å². The van der Waals surface area contributed by atoms with E-state index in [0.717, 1.165) is 31.4 Å². The van der Waals surface area contributed by atoms with Gasteiger partial charge in [0, 0.05) is 18.2 Å². The third-order valence-corrected chi connectivity index (χ3v) is 3.41. The average Bonchev–Trinajstić information content (AvgIpc) is 2.40. The topological polar surface area (TPSA) is 46.3 Å². The van der Waals surface area contributed by atoms with Gasteiger partial charge in [-0.05, 0) is 44.4 Å². The van der Waals surface area contributed by atoms with Crippen molar-refractivity contribution < 1.29 is 4.79 Å². The third-order valence-electron chi connectivity index (χ3n) is 3.41. The fourth-order valence-electron chi connectivity index (χ4n) is 2.51. The van der Waals surface area contributed by atoms with Crippen LogP contribution in [-0.4, -0.2) is 29.9 Å². The van der Waals surface area contributed by atoms with E-state index in [2.05, 4.69) is 0 Å². The summed E-state index contributed by atoms with van der Waals surface area (Å²) in [7, 11) is 0. The summed E-state index contributed by atoms with van der Waals surface area (Å²) in [6.45, 7) is 1.53. The highest BCUT2D eigenvalue weighted by molar-refractivity contribution is 5.94. The van der Waals surface area contributed by atoms with Crippen LogP contribution in [0.3, 0.4) is 0 Å². The molecule has 17 heavy (non-hydrogen) atoms. The maximum absolute atomic E-state index is 12.4. The van der Waals surface area contributed by atoms with E-state index in [9.17, 15) is 4.79 Å². The summed E-state index contributed by atoms with van der Waals surface area (Å²) in [6.07, 6.45) is 4.33. The number of carbonyl (C=O) groups excluding carboxylic acids is 1. The molecule has 0 bridgehead atoms. The number of hydrogen-bond donors (Lipinski definition) is 1. The molecule has 92 valence electrons. The van der Waals surface area contributed by atoms with E-state index in [1.54, 1.807) is 0 Å². The molecule has 1 heterocycles. The van der Waals surface area contributed by atoms with Crippen molar-refractivity contribution in [1.29, 1.82) is 0 Å². The minimum Gasteiger partial charge on any atom is -0.336 e. The zero-order valence-electron chi connectivity index (χ0n) is 10.1. The number of piperidine rings is 1. The van der Waals surface area contributed by atoms with Crippen LogP contribution in [0, 0.1) is 0 Å². The normalized spacial score (nSPS) is 20.3. The van der Waals surface area contributed by atoms with Gasteiger partial charge in [0.1, 0.15) is 0 Å². The number of likely N-dealkylation sites (tertiary alicyclic amines) is 1. The van der Waals surface area contributed by atoms with E-state index in [1.807, 2.05) is 35.2 Å². The second-order valence-corrected chi connectivity index (χ2v) is 4.59. The summed E-state index contributed by atoms with van der Waals surface area (Å²) in [6, 6.07) is 9.86. The summed E-state index contributed by atoms with van der Waals surface area (Å²) >= 11 is 0. The average molecular weight is 232 g/mol. The first-order valence-electron chi connectivity index (χ1n) is 6.39. The smallest absolute Gasteiger partial charge is 0.254 e. The number of hydrogen-bond acceptors (Lipinski definition) is 2. The van der Waals surface area contributed by atoms with E-state index in [0.29, 0.717) is 12.6 Å². The number of nitrogens with two attached hydrogens (primary N) is 1. The number of carbonyl (C=O) groups is 1. The van der Waals surface area contributed by atoms with Crippen LogP contribution in [0.25, 0.3) is 0 Å². The van der Waals surface area contributed by atoms with Crippen molar-refractivity contribution >= 4 is 5.91 Å². The molecule has 1 aromatic carbocycles. The molecule has 1 aliphatic rings. The molecule has 1 atom stereocenters. The highest BCUT2D eigenvalue weighted by atomic mass is 16.2. The van der Waals surface area contributed by atoms with Crippen molar-refractivity contribution in [2.45, 2.75) is 31.7 Å². The monoisotopic (exact) mass is 232 g/mol. The lowest BCUT2D eigenvalue weighted by atomic mass is 9.98. The predicted molar refractivity (Wildman–Crippen MR) is 68.8 cm³/mol. The molecule has 1 amide bonds. The summed E-state index contributed by atoms with van der Waals surface area (Å²) in [4.78, 5) is 14.4. The van der Waals surface area contributed by atoms with Gasteiger partial charge in [-0.3, -0.25) is 4.79 Å². The second-order valence-electron chi connectivity index (χ2n) is 4.59. The van der Waals surface area contributed by atoms with Crippen molar-refractivity contribution in [3.8, 4) is 0 Å². The van der Waals surface area contributed by atoms with Gasteiger partial charge in [0.2, 0.25) is 0 Å². The summed E-state index contributed by atoms with van der Waals surface area (Å²) in [5.41, 5.74) is 6.41. The zero-order chi connectivity index (χ0) is 12.1. The largest absolute Gasteiger partial charge is 0.336 e. The molecule has 3 heteroatoms. The summed E-state index contributed by atoms with van der Waals surface area (Å²) in [5.74, 6) is 0.156. The van der Waals surface area contributed by atoms with Crippen molar-refractivity contribution in [3.05, 3.63) is 35.9 Å². The fourth-order valence-corrected chi connectivity index (χ4v) is 2.51. The van der Waals surface area contributed by atoms with Gasteiger partial charge in [-0.25, -0.2) is 0 Å². The molecule has 2 rings (SSSR count). The van der Waals surface area contributed by atoms with Crippen LogP contribution in [0.1, 0.15) is 36.0 Å². The van der Waals surface area contributed by atoms with Gasteiger partial charge in [-0.1, -0.05) is 18.2 Å². The van der Waals surface area contributed by atoms with Gasteiger partial charge in [0.25, 0.3) is 5.91 Å². The lowest BCUT2D eigenvalue weighted by Gasteiger charge is -2.35. The summed E-state index contributed by atoms with van der Waals surface area (Å²) in [5, 5.41) is 0. The highest BCUT2D eigenvalue weighted by Crippen LogP contribution is 2.21. The first-order chi connectivity index (χ1) is 8.33. The SMILES string of the molecule is NCCC1CCCCN1C(=O)c1ccccc1. The van der Waals surface area contributed by atoms with Gasteiger partial charge in [0.05, 0.1) is 0 Å². The Balaban J connectivity index is 2.11. The summed E-state index contributed by atoms with van der Waals surface area (Å²) < 4.78 is 0. The van der Waals surface area contributed by atoms with Gasteiger partial charge in [-0.2, -0.15) is 0 Å². The Labute approximate surface area is 103 Å². The van der Waals surface area contributed by atoms with Crippen LogP contribution >= 0.6 is 0 Å². The molecule has 2 N–H and O–H groups in total. The highest BCUT2D eigenvalue weighted by Gasteiger charge is 2.26. The van der Waals surface area contributed by atoms with Gasteiger partial charge < -0.3 is 10.6 Å². The van der Waals surface area contributed by atoms with Crippen LogP contribution in [0.4, 0.5) is 0 Å². The first-order valence-corrected chi connectivity index (χ1v) is 6.39. The third kappa shape index (κ3) is 2.86. The van der Waals surface area contributed by atoms with Gasteiger partial charge in [0.15, 0.2) is 0 Å². The maximum atomic E-state index is 12.4. The van der Waals surface area contributed by atoms with E-state index < -0.39 is 0 Å². The van der Waals surface area contributed by atoms with E-state index >= 15 is 0 Å². The van der Waals surface area contributed by atoms with Crippen LogP contribution in [-0.2, 0) is 0 Å². The zero-order valence-corrected chi connectivity index (χ0v) is 10.1. The Bertz CT molecular complexity index is 362. The molecule has 0 aromatic heterocycles. The second kappa shape index (κ2) is 5.82. The van der Waals surface area contributed by atoms with Gasteiger partial charge >= 0.3 is 0 Å². The Kier molecular flexibility index (Phi) is 4.15. The van der Waals surface area contributed by atoms with Crippen molar-refractivity contribution in [2.75, 3.05) is 13.1 Å². The maximum Gasteiger partial charge on any atom is 0.254 e. The van der Waals surface area contributed by atoms with Crippen molar-refractivity contribution in [3.63, 3.8) is 0 Å². The number of rotatable bonds is 3. The first kappa shape index (κ1) is 12.1. The number of benzene rings is 1. The minimum atomic E-state index is 0.156. The molecule has 1 aromatic rings. The molecule has 0 aliphatic carbocycles. The van der Waals surface area contributed by atoms with Crippen LogP contribution in [0.5, 0.6) is 0 Å². The molecule has 0 saturated carbocycles. The number of amides is 1. The predicted octanol–water partition coefficient (Wildman–Crippen LogP) is 2.03. The van der Waals surface area contributed by atoms with E-state index in [-0.39, 0.29) is 5.91 Å². The van der Waals surface area contributed by atoms with Crippen LogP contribution in [0.15, 0.2) is 30.3 Å². The van der Waals surface area contributed by atoms with Crippen molar-refractivity contribution in [2.24, 2.45) is 5.73 Å². The lowest BCUT2D eigenvalue weighted by Crippen LogP contribution is -2.44. The standard InChI is InChI=1S/C14H20N2O/c15-10-9-13-8-4-5-11-16(13)14(17)12-6-2-1-3-7-12/h1-3,6-7,13H,4-5,8-11,15H2. The molecule has 1 aliphatic heterocycles. The Morgan fingerprint density at radius 2 is 2.06 bits per heavy atom. The molecule has 0 spiro atoms.